The highest BCUT2D eigenvalue weighted by Crippen LogP contribution is 2.27. The number of nitrogens with one attached hydrogen (secondary N) is 2. The van der Waals surface area contributed by atoms with Gasteiger partial charge in [-0.1, -0.05) is 66.9 Å². The van der Waals surface area contributed by atoms with Crippen molar-refractivity contribution in [2.45, 2.75) is 44.3 Å². The molecule has 0 aromatic heterocycles. The van der Waals surface area contributed by atoms with E-state index in [0.29, 0.717) is 18.1 Å². The van der Waals surface area contributed by atoms with Crippen LogP contribution in [0.3, 0.4) is 0 Å². The summed E-state index contributed by atoms with van der Waals surface area (Å²) >= 11 is 6.00. The van der Waals surface area contributed by atoms with E-state index in [2.05, 4.69) is 10.6 Å². The first kappa shape index (κ1) is 22.6. The predicted octanol–water partition coefficient (Wildman–Crippen LogP) is 4.03. The summed E-state index contributed by atoms with van der Waals surface area (Å²) in [4.78, 5) is 27.6. The maximum atomic E-state index is 13.1. The third-order valence-corrected chi connectivity index (χ3v) is 6.60. The van der Waals surface area contributed by atoms with Gasteiger partial charge in [-0.15, -0.1) is 0 Å². The minimum Gasteiger partial charge on any atom is -0.339 e. The van der Waals surface area contributed by atoms with Gasteiger partial charge in [-0.2, -0.15) is 0 Å². The number of fused-ring (bicyclic) bond motifs is 1. The highest BCUT2D eigenvalue weighted by Gasteiger charge is 2.37. The Morgan fingerprint density at radius 1 is 1.06 bits per heavy atom. The first-order chi connectivity index (χ1) is 15.6. The SMILES string of the molecule is O=C1NC(CN(CCc2ccc(Cl)cc2)C(=O)/C=C/c2ccccc2)NC2CCCCC12. The van der Waals surface area contributed by atoms with Gasteiger partial charge in [0.2, 0.25) is 11.8 Å². The molecule has 32 heavy (non-hydrogen) atoms. The molecule has 2 fully saturated rings. The Balaban J connectivity index is 1.44. The van der Waals surface area contributed by atoms with E-state index in [9.17, 15) is 9.59 Å². The van der Waals surface area contributed by atoms with E-state index in [4.69, 9.17) is 11.6 Å². The highest BCUT2D eigenvalue weighted by atomic mass is 35.5. The van der Waals surface area contributed by atoms with Gasteiger partial charge in [0.1, 0.15) is 0 Å². The Labute approximate surface area is 194 Å². The molecule has 5 nitrogen and oxygen atoms in total. The van der Waals surface area contributed by atoms with E-state index in [1.165, 1.54) is 0 Å². The molecule has 1 heterocycles. The standard InChI is InChI=1S/C26H30ClN3O2/c27-21-13-10-20(11-14-21)16-17-30(25(31)15-12-19-6-2-1-3-7-19)18-24-28-23-9-5-4-8-22(23)26(32)29-24/h1-3,6-7,10-15,22-24,28H,4-5,8-9,16-18H2,(H,29,32)/b15-12+. The highest BCUT2D eigenvalue weighted by molar-refractivity contribution is 6.30. The summed E-state index contributed by atoms with van der Waals surface area (Å²) in [7, 11) is 0. The van der Waals surface area contributed by atoms with E-state index < -0.39 is 0 Å². The second kappa shape index (κ2) is 10.8. The molecule has 1 aliphatic heterocycles. The Morgan fingerprint density at radius 3 is 2.59 bits per heavy atom. The van der Waals surface area contributed by atoms with Crippen LogP contribution in [0, 0.1) is 5.92 Å². The van der Waals surface area contributed by atoms with Crippen LogP contribution < -0.4 is 10.6 Å². The summed E-state index contributed by atoms with van der Waals surface area (Å²) in [5, 5.41) is 7.38. The quantitative estimate of drug-likeness (QED) is 0.625. The van der Waals surface area contributed by atoms with Gasteiger partial charge in [0.05, 0.1) is 18.6 Å². The fourth-order valence-electron chi connectivity index (χ4n) is 4.59. The third kappa shape index (κ3) is 5.99. The van der Waals surface area contributed by atoms with E-state index in [1.807, 2.05) is 65.6 Å². The van der Waals surface area contributed by atoms with Crippen LogP contribution in [0.5, 0.6) is 0 Å². The predicted molar refractivity (Wildman–Crippen MR) is 128 cm³/mol. The van der Waals surface area contributed by atoms with Crippen molar-refractivity contribution in [2.24, 2.45) is 5.92 Å². The lowest BCUT2D eigenvalue weighted by molar-refractivity contribution is -0.133. The summed E-state index contributed by atoms with van der Waals surface area (Å²) in [6.07, 6.45) is 8.14. The molecule has 2 N–H and O–H groups in total. The van der Waals surface area contributed by atoms with Crippen molar-refractivity contribution in [1.29, 1.82) is 0 Å². The molecular weight excluding hydrogens is 422 g/mol. The van der Waals surface area contributed by atoms with Gasteiger partial charge in [0, 0.05) is 23.7 Å². The largest absolute Gasteiger partial charge is 0.339 e. The fourth-order valence-corrected chi connectivity index (χ4v) is 4.71. The molecule has 168 valence electrons. The maximum Gasteiger partial charge on any atom is 0.246 e. The van der Waals surface area contributed by atoms with Crippen molar-refractivity contribution >= 4 is 29.5 Å². The van der Waals surface area contributed by atoms with Gasteiger partial charge in [0.15, 0.2) is 0 Å². The molecule has 2 aromatic rings. The number of halogens is 1. The molecule has 3 atom stereocenters. The Bertz CT molecular complexity index is 945. The molecule has 1 aliphatic carbocycles. The topological polar surface area (TPSA) is 61.4 Å². The lowest BCUT2D eigenvalue weighted by Crippen LogP contribution is -2.65. The van der Waals surface area contributed by atoms with Crippen LogP contribution >= 0.6 is 11.6 Å². The van der Waals surface area contributed by atoms with Gasteiger partial charge < -0.3 is 10.2 Å². The number of rotatable bonds is 7. The number of nitrogens with zero attached hydrogens (tertiary/aromatic N) is 1. The molecule has 0 radical (unpaired) electrons. The molecular formula is C26H30ClN3O2. The second-order valence-corrected chi connectivity index (χ2v) is 9.07. The molecule has 0 spiro atoms. The number of benzene rings is 2. The minimum absolute atomic E-state index is 0.0520. The lowest BCUT2D eigenvalue weighted by atomic mass is 9.82. The Hall–Kier alpha value is -2.63. The molecule has 3 unspecified atom stereocenters. The molecule has 1 saturated carbocycles. The molecule has 2 aliphatic rings. The van der Waals surface area contributed by atoms with Crippen LogP contribution in [0.4, 0.5) is 0 Å². The molecule has 4 rings (SSSR count). The van der Waals surface area contributed by atoms with Crippen LogP contribution in [0.15, 0.2) is 60.7 Å². The summed E-state index contributed by atoms with van der Waals surface area (Å²) in [6.45, 7) is 0.988. The van der Waals surface area contributed by atoms with Crippen LogP contribution in [0.2, 0.25) is 5.02 Å². The second-order valence-electron chi connectivity index (χ2n) is 8.63. The van der Waals surface area contributed by atoms with Crippen molar-refractivity contribution in [2.75, 3.05) is 13.1 Å². The van der Waals surface area contributed by atoms with Crippen LogP contribution in [-0.4, -0.2) is 42.0 Å². The number of carbonyl (C=O) groups excluding carboxylic acids is 2. The van der Waals surface area contributed by atoms with Crippen LogP contribution in [0.25, 0.3) is 6.08 Å². The van der Waals surface area contributed by atoms with E-state index >= 15 is 0 Å². The van der Waals surface area contributed by atoms with Crippen molar-refractivity contribution in [3.8, 4) is 0 Å². The summed E-state index contributed by atoms with van der Waals surface area (Å²) in [5.41, 5.74) is 2.10. The zero-order chi connectivity index (χ0) is 22.3. The third-order valence-electron chi connectivity index (χ3n) is 6.35. The fraction of sp³-hybridized carbons (Fsp3) is 0.385. The van der Waals surface area contributed by atoms with Crippen molar-refractivity contribution in [3.63, 3.8) is 0 Å². The lowest BCUT2D eigenvalue weighted by Gasteiger charge is -2.41. The summed E-state index contributed by atoms with van der Waals surface area (Å²) in [5.74, 6) is 0.101. The van der Waals surface area contributed by atoms with Crippen molar-refractivity contribution in [3.05, 3.63) is 76.8 Å². The number of amides is 2. The zero-order valence-corrected chi connectivity index (χ0v) is 18.9. The summed E-state index contributed by atoms with van der Waals surface area (Å²) in [6, 6.07) is 17.7. The average Bonchev–Trinajstić information content (AvgIpc) is 2.82. The van der Waals surface area contributed by atoms with Gasteiger partial charge >= 0.3 is 0 Å². The monoisotopic (exact) mass is 451 g/mol. The van der Waals surface area contributed by atoms with Gasteiger partial charge in [0.25, 0.3) is 0 Å². The van der Waals surface area contributed by atoms with Crippen LogP contribution in [-0.2, 0) is 16.0 Å². The van der Waals surface area contributed by atoms with E-state index in [1.54, 1.807) is 6.08 Å². The van der Waals surface area contributed by atoms with Gasteiger partial charge in [-0.3, -0.25) is 14.9 Å². The molecule has 0 bridgehead atoms. The molecule has 1 saturated heterocycles. The average molecular weight is 452 g/mol. The van der Waals surface area contributed by atoms with Crippen LogP contribution in [0.1, 0.15) is 36.8 Å². The van der Waals surface area contributed by atoms with E-state index in [0.717, 1.165) is 43.2 Å². The number of hydrogen-bond donors (Lipinski definition) is 2. The Morgan fingerprint density at radius 2 is 1.81 bits per heavy atom. The van der Waals surface area contributed by atoms with E-state index in [-0.39, 0.29) is 29.9 Å². The number of hydrogen-bond acceptors (Lipinski definition) is 3. The maximum absolute atomic E-state index is 13.1. The Kier molecular flexibility index (Phi) is 7.61. The molecule has 2 aromatic carbocycles. The molecule has 2 amide bonds. The first-order valence-electron chi connectivity index (χ1n) is 11.4. The summed E-state index contributed by atoms with van der Waals surface area (Å²) < 4.78 is 0. The molecule has 6 heteroatoms. The van der Waals surface area contributed by atoms with Crippen molar-refractivity contribution in [1.82, 2.24) is 15.5 Å². The smallest absolute Gasteiger partial charge is 0.246 e. The van der Waals surface area contributed by atoms with Gasteiger partial charge in [-0.25, -0.2) is 0 Å². The first-order valence-corrected chi connectivity index (χ1v) is 11.8. The minimum atomic E-state index is -0.235. The van der Waals surface area contributed by atoms with Gasteiger partial charge in [-0.05, 0) is 48.6 Å². The zero-order valence-electron chi connectivity index (χ0n) is 18.2. The normalized spacial score (nSPS) is 22.9. The van der Waals surface area contributed by atoms with Crippen molar-refractivity contribution < 1.29 is 9.59 Å². The number of carbonyl (C=O) groups is 2.